The topological polar surface area (TPSA) is 195 Å². The Morgan fingerprint density at radius 3 is 2.52 bits per heavy atom. The van der Waals surface area contributed by atoms with Crippen LogP contribution in [-0.4, -0.2) is 90.3 Å². The number of fused-ring (bicyclic) bond motifs is 5. The van der Waals surface area contributed by atoms with Crippen LogP contribution >= 0.6 is 0 Å². The van der Waals surface area contributed by atoms with Crippen molar-refractivity contribution in [3.63, 3.8) is 0 Å². The first-order valence-corrected chi connectivity index (χ1v) is 22.2. The Morgan fingerprint density at radius 1 is 1.02 bits per heavy atom. The number of pyridine rings is 1. The van der Waals surface area contributed by atoms with Crippen LogP contribution in [-0.2, 0) is 29.1 Å². The van der Waals surface area contributed by atoms with E-state index >= 15 is 0 Å². The first-order valence-electron chi connectivity index (χ1n) is 20.6. The lowest BCUT2D eigenvalue weighted by Crippen LogP contribution is -2.58. The maximum Gasteiger partial charge on any atom is 0.408 e. The Bertz CT molecular complexity index is 2460. The molecule has 2 aliphatic carbocycles. The zero-order valence-electron chi connectivity index (χ0n) is 34.2. The summed E-state index contributed by atoms with van der Waals surface area (Å²) in [6.07, 6.45) is 6.52. The van der Waals surface area contributed by atoms with E-state index in [4.69, 9.17) is 23.6 Å². The lowest BCUT2D eigenvalue weighted by molar-refractivity contribution is -0.141. The molecule has 4 heterocycles. The quantitative estimate of drug-likeness (QED) is 0.179. The predicted octanol–water partition coefficient (Wildman–Crippen LogP) is 5.90. The highest BCUT2D eigenvalue weighted by atomic mass is 32.2. The van der Waals surface area contributed by atoms with E-state index in [0.717, 1.165) is 23.8 Å². The fourth-order valence-corrected chi connectivity index (χ4v) is 9.49. The molecule has 15 nitrogen and oxygen atoms in total. The minimum Gasteiger partial charge on any atom is -0.497 e. The third-order valence-electron chi connectivity index (χ3n) is 11.5. The van der Waals surface area contributed by atoms with Crippen LogP contribution in [0.4, 0.5) is 4.79 Å². The van der Waals surface area contributed by atoms with Gasteiger partial charge < -0.3 is 34.2 Å². The van der Waals surface area contributed by atoms with E-state index in [-0.39, 0.29) is 19.4 Å². The van der Waals surface area contributed by atoms with Gasteiger partial charge in [-0.05, 0) is 95.7 Å². The van der Waals surface area contributed by atoms with Crippen molar-refractivity contribution in [1.82, 2.24) is 25.2 Å². The van der Waals surface area contributed by atoms with Gasteiger partial charge >= 0.3 is 6.09 Å². The molecule has 8 rings (SSSR count). The van der Waals surface area contributed by atoms with Crippen molar-refractivity contribution < 1.29 is 46.2 Å². The molecule has 2 aliphatic heterocycles. The van der Waals surface area contributed by atoms with E-state index < -0.39 is 74.3 Å². The molecule has 2 saturated carbocycles. The highest BCUT2D eigenvalue weighted by molar-refractivity contribution is 7.91. The van der Waals surface area contributed by atoms with E-state index in [1.807, 2.05) is 60.7 Å². The van der Waals surface area contributed by atoms with Gasteiger partial charge in [0.25, 0.3) is 5.91 Å². The molecule has 3 N–H and O–H groups in total. The molecule has 2 aromatic carbocycles. The van der Waals surface area contributed by atoms with Crippen LogP contribution in [0.3, 0.4) is 0 Å². The van der Waals surface area contributed by atoms with Gasteiger partial charge in [0.15, 0.2) is 11.3 Å². The lowest BCUT2D eigenvalue weighted by atomic mass is 10.0. The SMILES string of the molecule is COc1ccc(-c2cc(O[C@@H]3C[C@H]4C(=O)N[C@]5(C(=O)NS(=O)(=O)C6CC6)C[C@@H]5/C=C\CCCCC[C@H](NC(=O)OC(C)(C)C)C(=O)N4C3)c3oc4ccccc4c3n2)cc1. The van der Waals surface area contributed by atoms with Crippen LogP contribution < -0.4 is 24.8 Å². The molecular formula is C44H51N5O10S. The van der Waals surface area contributed by atoms with Gasteiger partial charge in [-0.15, -0.1) is 0 Å². The van der Waals surface area contributed by atoms with Crippen molar-refractivity contribution >= 4 is 55.9 Å². The molecule has 3 fully saturated rings. The average Bonchev–Trinajstić information content (AvgIpc) is 4.11. The zero-order valence-corrected chi connectivity index (χ0v) is 35.0. The highest BCUT2D eigenvalue weighted by Gasteiger charge is 2.62. The number of carbonyl (C=O) groups is 4. The van der Waals surface area contributed by atoms with E-state index in [9.17, 15) is 27.6 Å². The van der Waals surface area contributed by atoms with Gasteiger partial charge in [-0.1, -0.05) is 37.1 Å². The summed E-state index contributed by atoms with van der Waals surface area (Å²) in [7, 11) is -2.33. The first-order chi connectivity index (χ1) is 28.6. The van der Waals surface area contributed by atoms with E-state index in [1.54, 1.807) is 33.9 Å². The molecule has 318 valence electrons. The molecule has 0 radical (unpaired) electrons. The molecule has 5 atom stereocenters. The monoisotopic (exact) mass is 841 g/mol. The maximum absolute atomic E-state index is 14.7. The smallest absolute Gasteiger partial charge is 0.408 e. The summed E-state index contributed by atoms with van der Waals surface area (Å²) in [4.78, 5) is 62.7. The Labute approximate surface area is 348 Å². The van der Waals surface area contributed by atoms with Crippen molar-refractivity contribution in [2.45, 2.75) is 113 Å². The Kier molecular flexibility index (Phi) is 11.0. The fraction of sp³-hybridized carbons (Fsp3) is 0.477. The number of aromatic nitrogens is 1. The molecule has 60 heavy (non-hydrogen) atoms. The normalized spacial score (nSPS) is 25.6. The molecule has 16 heteroatoms. The molecule has 0 bridgehead atoms. The summed E-state index contributed by atoms with van der Waals surface area (Å²) in [5.74, 6) is -1.37. The van der Waals surface area contributed by atoms with Gasteiger partial charge in [0, 0.05) is 29.4 Å². The molecule has 4 amide bonds. The summed E-state index contributed by atoms with van der Waals surface area (Å²) < 4.78 is 52.1. The number of methoxy groups -OCH3 is 1. The number of benzene rings is 2. The third kappa shape index (κ3) is 8.65. The van der Waals surface area contributed by atoms with Crippen molar-refractivity contribution in [2.75, 3.05) is 13.7 Å². The number of furan rings is 1. The van der Waals surface area contributed by atoms with Gasteiger partial charge in [0.2, 0.25) is 21.8 Å². The van der Waals surface area contributed by atoms with Gasteiger partial charge in [0.1, 0.15) is 46.2 Å². The maximum atomic E-state index is 14.7. The Balaban J connectivity index is 1.15. The van der Waals surface area contributed by atoms with Crippen molar-refractivity contribution in [1.29, 1.82) is 0 Å². The van der Waals surface area contributed by atoms with Crippen molar-refractivity contribution in [3.05, 3.63) is 66.7 Å². The zero-order chi connectivity index (χ0) is 42.4. The fourth-order valence-electron chi connectivity index (χ4n) is 8.13. The summed E-state index contributed by atoms with van der Waals surface area (Å²) in [6, 6.07) is 14.5. The number of carbonyl (C=O) groups excluding carboxylic acids is 4. The number of alkyl carbamates (subject to hydrolysis) is 1. The summed E-state index contributed by atoms with van der Waals surface area (Å²) in [5, 5.41) is 5.80. The summed E-state index contributed by atoms with van der Waals surface area (Å²) in [6.45, 7) is 5.13. The van der Waals surface area contributed by atoms with Crippen molar-refractivity contribution in [2.24, 2.45) is 5.92 Å². The number of ether oxygens (including phenoxy) is 3. The minimum absolute atomic E-state index is 0.0111. The van der Waals surface area contributed by atoms with Crippen LogP contribution in [0, 0.1) is 5.92 Å². The second kappa shape index (κ2) is 16.1. The van der Waals surface area contributed by atoms with E-state index in [0.29, 0.717) is 66.0 Å². The number of sulfonamides is 1. The molecular weight excluding hydrogens is 791 g/mol. The van der Waals surface area contributed by atoms with Gasteiger partial charge in [-0.2, -0.15) is 0 Å². The number of hydrogen-bond acceptors (Lipinski definition) is 11. The molecule has 2 aromatic heterocycles. The van der Waals surface area contributed by atoms with Gasteiger partial charge in [0.05, 0.1) is 24.6 Å². The van der Waals surface area contributed by atoms with Crippen LogP contribution in [0.5, 0.6) is 11.5 Å². The number of allylic oxidation sites excluding steroid dienone is 1. The second-order valence-electron chi connectivity index (χ2n) is 17.2. The number of para-hydroxylation sites is 1. The minimum atomic E-state index is -3.92. The summed E-state index contributed by atoms with van der Waals surface area (Å²) in [5.41, 5.74) is 0.582. The summed E-state index contributed by atoms with van der Waals surface area (Å²) >= 11 is 0. The molecule has 4 aromatic rings. The number of amides is 4. The van der Waals surface area contributed by atoms with E-state index in [1.165, 1.54) is 4.90 Å². The second-order valence-corrected chi connectivity index (χ2v) is 19.2. The molecule has 0 unspecified atom stereocenters. The first kappa shape index (κ1) is 41.1. The number of nitrogens with zero attached hydrogens (tertiary/aromatic N) is 2. The Morgan fingerprint density at radius 2 is 1.78 bits per heavy atom. The number of rotatable bonds is 8. The van der Waals surface area contributed by atoms with Crippen LogP contribution in [0.2, 0.25) is 0 Å². The highest BCUT2D eigenvalue weighted by Crippen LogP contribution is 2.46. The van der Waals surface area contributed by atoms with Gasteiger partial charge in [-0.3, -0.25) is 19.1 Å². The lowest BCUT2D eigenvalue weighted by Gasteiger charge is -2.30. The van der Waals surface area contributed by atoms with E-state index in [2.05, 4.69) is 15.4 Å². The van der Waals surface area contributed by atoms with Crippen LogP contribution in [0.15, 0.2) is 71.2 Å². The van der Waals surface area contributed by atoms with Crippen molar-refractivity contribution in [3.8, 4) is 22.8 Å². The molecule has 1 saturated heterocycles. The van der Waals surface area contributed by atoms with Gasteiger partial charge in [-0.25, -0.2) is 18.2 Å². The largest absolute Gasteiger partial charge is 0.497 e. The van der Waals surface area contributed by atoms with Crippen LogP contribution in [0.25, 0.3) is 33.3 Å². The molecule has 0 spiro atoms. The van der Waals surface area contributed by atoms with Crippen LogP contribution in [0.1, 0.15) is 78.6 Å². The number of nitrogens with one attached hydrogen (secondary N) is 3. The molecule has 4 aliphatic rings. The third-order valence-corrected chi connectivity index (χ3v) is 13.3. The number of hydrogen-bond donors (Lipinski definition) is 3. The average molecular weight is 842 g/mol. The predicted molar refractivity (Wildman–Crippen MR) is 222 cm³/mol. The standard InChI is InChI=1S/C44H51N5O10S/c1-43(2,3)59-42(53)46-32-14-9-7-5-6-8-12-27-24-44(27,41(52)48-60(54,55)30-20-21-30)47-39(50)34-22-29(25-49(34)40(32)51)57-36-23-33(26-16-18-28(56-4)19-17-26)45-37-31-13-10-11-15-35(31)58-38(36)37/h8,10-13,15-19,23,27,29-30,32,34H,5-7,9,14,20-22,24-25H2,1-4H3,(H,46,53)(H,47,50)(H,48,52)/b12-8-/t27-,29+,32-,34-,44+/m0/s1. The Hall–Kier alpha value is -5.64.